The van der Waals surface area contributed by atoms with Crippen molar-refractivity contribution in [1.82, 2.24) is 19.5 Å². The molecule has 0 radical (unpaired) electrons. The van der Waals surface area contributed by atoms with Crippen molar-refractivity contribution < 1.29 is 4.42 Å². The van der Waals surface area contributed by atoms with Gasteiger partial charge in [0, 0.05) is 60.5 Å². The molecule has 4 heterocycles. The summed E-state index contributed by atoms with van der Waals surface area (Å²) in [6, 6.07) is 58.8. The SMILES string of the molecule is c1ccc(-c2cc(-n3c4ccccc4c4ccccc43)nc(-c3cccc4c3nc(-c3ccccc3)c3ccc5oc6ccccc6c5c34)n2)cc1. The minimum Gasteiger partial charge on any atom is -0.456 e. The number of rotatable bonds is 4. The molecule has 52 heavy (non-hydrogen) atoms. The van der Waals surface area contributed by atoms with Gasteiger partial charge in [0.2, 0.25) is 0 Å². The van der Waals surface area contributed by atoms with Crippen molar-refractivity contribution in [1.29, 1.82) is 0 Å². The third-order valence-corrected chi connectivity index (χ3v) is 10.2. The summed E-state index contributed by atoms with van der Waals surface area (Å²) in [5.41, 5.74) is 9.40. The number of fused-ring (bicyclic) bond motifs is 10. The van der Waals surface area contributed by atoms with Gasteiger partial charge < -0.3 is 4.42 Å². The van der Waals surface area contributed by atoms with Gasteiger partial charge in [-0.2, -0.15) is 0 Å². The Morgan fingerprint density at radius 2 is 1.06 bits per heavy atom. The van der Waals surface area contributed by atoms with Gasteiger partial charge in [-0.1, -0.05) is 127 Å². The predicted molar refractivity (Wildman–Crippen MR) is 213 cm³/mol. The lowest BCUT2D eigenvalue weighted by atomic mass is 9.95. The summed E-state index contributed by atoms with van der Waals surface area (Å²) in [5, 5.41) is 7.73. The highest BCUT2D eigenvalue weighted by Gasteiger charge is 2.21. The molecule has 0 saturated heterocycles. The largest absolute Gasteiger partial charge is 0.456 e. The quantitative estimate of drug-likeness (QED) is 0.176. The van der Waals surface area contributed by atoms with E-state index in [9.17, 15) is 0 Å². The zero-order chi connectivity index (χ0) is 34.2. The van der Waals surface area contributed by atoms with E-state index in [0.29, 0.717) is 5.82 Å². The second-order valence-corrected chi connectivity index (χ2v) is 13.2. The number of para-hydroxylation sites is 4. The number of nitrogens with zero attached hydrogens (tertiary/aromatic N) is 4. The first-order chi connectivity index (χ1) is 25.8. The van der Waals surface area contributed by atoms with Crippen LogP contribution in [0.2, 0.25) is 0 Å². The average Bonchev–Trinajstić information content (AvgIpc) is 3.77. The Balaban J connectivity index is 1.27. The van der Waals surface area contributed by atoms with Crippen molar-refractivity contribution >= 4 is 65.4 Å². The van der Waals surface area contributed by atoms with Crippen molar-refractivity contribution in [3.8, 4) is 39.7 Å². The summed E-state index contributed by atoms with van der Waals surface area (Å²) in [5.74, 6) is 1.41. The fourth-order valence-corrected chi connectivity index (χ4v) is 7.92. The zero-order valence-corrected chi connectivity index (χ0v) is 27.9. The fourth-order valence-electron chi connectivity index (χ4n) is 7.92. The topological polar surface area (TPSA) is 56.7 Å². The predicted octanol–water partition coefficient (Wildman–Crippen LogP) is 12.2. The molecule has 0 saturated carbocycles. The van der Waals surface area contributed by atoms with Crippen molar-refractivity contribution in [3.05, 3.63) is 170 Å². The number of pyridine rings is 1. The monoisotopic (exact) mass is 664 g/mol. The molecule has 0 aliphatic heterocycles. The van der Waals surface area contributed by atoms with Crippen molar-refractivity contribution in [3.63, 3.8) is 0 Å². The van der Waals surface area contributed by atoms with Gasteiger partial charge in [0.15, 0.2) is 5.82 Å². The summed E-state index contributed by atoms with van der Waals surface area (Å²) < 4.78 is 8.67. The molecule has 0 spiro atoms. The maximum Gasteiger partial charge on any atom is 0.164 e. The maximum atomic E-state index is 6.41. The van der Waals surface area contributed by atoms with E-state index >= 15 is 0 Å². The first-order valence-electron chi connectivity index (χ1n) is 17.5. The van der Waals surface area contributed by atoms with Gasteiger partial charge in [-0.05, 0) is 36.4 Å². The Labute approximate surface area is 298 Å². The molecular weight excluding hydrogens is 637 g/mol. The van der Waals surface area contributed by atoms with Crippen molar-refractivity contribution in [2.45, 2.75) is 0 Å². The molecule has 0 atom stereocenters. The van der Waals surface area contributed by atoms with Gasteiger partial charge in [0.25, 0.3) is 0 Å². The molecule has 5 heteroatoms. The third-order valence-electron chi connectivity index (χ3n) is 10.2. The number of aromatic nitrogens is 4. The molecule has 0 amide bonds. The van der Waals surface area contributed by atoms with Crippen LogP contribution in [0.5, 0.6) is 0 Å². The van der Waals surface area contributed by atoms with Crippen LogP contribution in [0.4, 0.5) is 0 Å². The van der Waals surface area contributed by atoms with E-state index in [1.165, 1.54) is 10.8 Å². The van der Waals surface area contributed by atoms with Crippen LogP contribution in [0.15, 0.2) is 174 Å². The van der Waals surface area contributed by atoms with Crippen molar-refractivity contribution in [2.75, 3.05) is 0 Å². The van der Waals surface area contributed by atoms with Gasteiger partial charge >= 0.3 is 0 Å². The number of benzene rings is 7. The molecule has 242 valence electrons. The summed E-state index contributed by atoms with van der Waals surface area (Å²) in [7, 11) is 0. The van der Waals surface area contributed by atoms with Crippen LogP contribution >= 0.6 is 0 Å². The molecule has 11 rings (SSSR count). The lowest BCUT2D eigenvalue weighted by Gasteiger charge is -2.15. The molecule has 0 bridgehead atoms. The van der Waals surface area contributed by atoms with Gasteiger partial charge in [-0.25, -0.2) is 15.0 Å². The Kier molecular flexibility index (Phi) is 6.18. The van der Waals surface area contributed by atoms with E-state index in [1.807, 2.05) is 24.3 Å². The Morgan fingerprint density at radius 1 is 0.423 bits per heavy atom. The van der Waals surface area contributed by atoms with Crippen LogP contribution in [0.1, 0.15) is 0 Å². The van der Waals surface area contributed by atoms with E-state index in [4.69, 9.17) is 19.4 Å². The van der Waals surface area contributed by atoms with Gasteiger partial charge in [0.1, 0.15) is 17.0 Å². The summed E-state index contributed by atoms with van der Waals surface area (Å²) in [6.45, 7) is 0. The maximum absolute atomic E-state index is 6.41. The van der Waals surface area contributed by atoms with Gasteiger partial charge in [-0.15, -0.1) is 0 Å². The standard InChI is InChI=1S/C47H28N4O/c1-3-14-29(15-4-1)37-28-42(51-38-23-10-7-18-31(38)32-19-8-11-24-39(32)51)49-47(48-37)36-22-13-21-34-43-35(45(50-46(34)36)30-16-5-2-6-17-30)26-27-41-44(43)33-20-9-12-25-40(33)52-41/h1-28H. The van der Waals surface area contributed by atoms with Gasteiger partial charge in [0.05, 0.1) is 27.9 Å². The lowest BCUT2D eigenvalue weighted by molar-refractivity contribution is 0.669. The highest BCUT2D eigenvalue weighted by Crippen LogP contribution is 2.43. The summed E-state index contributed by atoms with van der Waals surface area (Å²) >= 11 is 0. The Bertz CT molecular complexity index is 3130. The minimum atomic E-state index is 0.610. The first-order valence-corrected chi connectivity index (χ1v) is 17.5. The Morgan fingerprint density at radius 3 is 1.81 bits per heavy atom. The molecule has 0 unspecified atom stereocenters. The minimum absolute atomic E-state index is 0.610. The smallest absolute Gasteiger partial charge is 0.164 e. The molecule has 0 aliphatic carbocycles. The van der Waals surface area contributed by atoms with E-state index in [2.05, 4.69) is 150 Å². The third kappa shape index (κ3) is 4.26. The van der Waals surface area contributed by atoms with Crippen LogP contribution in [0, 0.1) is 0 Å². The lowest BCUT2D eigenvalue weighted by Crippen LogP contribution is -2.03. The molecule has 4 aromatic heterocycles. The zero-order valence-electron chi connectivity index (χ0n) is 27.9. The molecule has 0 fully saturated rings. The molecule has 5 nitrogen and oxygen atoms in total. The average molecular weight is 665 g/mol. The number of furan rings is 1. The second-order valence-electron chi connectivity index (χ2n) is 13.2. The fraction of sp³-hybridized carbons (Fsp3) is 0. The second kappa shape index (κ2) is 11.2. The van der Waals surface area contributed by atoms with E-state index in [-0.39, 0.29) is 0 Å². The van der Waals surface area contributed by atoms with Crippen LogP contribution < -0.4 is 0 Å². The first kappa shape index (κ1) is 28.7. The molecular formula is C47H28N4O. The molecule has 0 N–H and O–H groups in total. The Hall–Kier alpha value is -7.11. The van der Waals surface area contributed by atoms with Crippen LogP contribution in [-0.4, -0.2) is 19.5 Å². The van der Waals surface area contributed by atoms with Crippen LogP contribution in [0.25, 0.3) is 105 Å². The van der Waals surface area contributed by atoms with E-state index in [1.54, 1.807) is 0 Å². The van der Waals surface area contributed by atoms with E-state index in [0.717, 1.165) is 88.5 Å². The van der Waals surface area contributed by atoms with Crippen LogP contribution in [0.3, 0.4) is 0 Å². The summed E-state index contributed by atoms with van der Waals surface area (Å²) in [6.07, 6.45) is 0. The normalized spacial score (nSPS) is 11.8. The highest BCUT2D eigenvalue weighted by molar-refractivity contribution is 6.29. The molecule has 11 aromatic rings. The molecule has 7 aromatic carbocycles. The van der Waals surface area contributed by atoms with Crippen LogP contribution in [-0.2, 0) is 0 Å². The summed E-state index contributed by atoms with van der Waals surface area (Å²) in [4.78, 5) is 16.2. The highest BCUT2D eigenvalue weighted by atomic mass is 16.3. The van der Waals surface area contributed by atoms with E-state index < -0.39 is 0 Å². The van der Waals surface area contributed by atoms with Gasteiger partial charge in [-0.3, -0.25) is 4.57 Å². The molecule has 0 aliphatic rings. The number of hydrogen-bond donors (Lipinski definition) is 0. The van der Waals surface area contributed by atoms with Crippen molar-refractivity contribution in [2.24, 2.45) is 0 Å². The number of hydrogen-bond acceptors (Lipinski definition) is 4.